The van der Waals surface area contributed by atoms with E-state index in [4.69, 9.17) is 22.6 Å². The van der Waals surface area contributed by atoms with Crippen LogP contribution in [0, 0.1) is 18.3 Å². The Morgan fingerprint density at radius 3 is 2.91 bits per heavy atom. The summed E-state index contributed by atoms with van der Waals surface area (Å²) in [6.07, 6.45) is 1.30. The van der Waals surface area contributed by atoms with E-state index >= 15 is 0 Å². The molecule has 0 radical (unpaired) electrons. The second-order valence-electron chi connectivity index (χ2n) is 5.36. The number of hydrogen-bond acceptors (Lipinski definition) is 4. The summed E-state index contributed by atoms with van der Waals surface area (Å²) in [5.74, 6) is 0.160. The summed E-state index contributed by atoms with van der Waals surface area (Å²) in [5, 5.41) is 16.2. The fraction of sp³-hybridized carbons (Fsp3) is 0.312. The number of H-pyrrole nitrogens is 1. The number of nitrogens with one attached hydrogen (secondary N) is 1. The molecule has 0 aliphatic carbocycles. The standard InChI is InChI=1S/C16H18ClN5O/c1-10-8-11(17)5-6-12(10)16(23)22(2)7-3-4-14-13(9-18)15(19)21-20-14/h5-6,8H,3-4,7H2,1-2H3,(H3,19,20,21). The fourth-order valence-corrected chi connectivity index (χ4v) is 2.59. The van der Waals surface area contributed by atoms with Crippen molar-refractivity contribution < 1.29 is 4.79 Å². The molecule has 0 saturated carbocycles. The summed E-state index contributed by atoms with van der Waals surface area (Å²) in [5.41, 5.74) is 8.17. The van der Waals surface area contributed by atoms with Crippen molar-refractivity contribution in [3.05, 3.63) is 45.6 Å². The molecule has 0 unspecified atom stereocenters. The fourth-order valence-electron chi connectivity index (χ4n) is 2.37. The van der Waals surface area contributed by atoms with Crippen molar-refractivity contribution >= 4 is 23.3 Å². The summed E-state index contributed by atoms with van der Waals surface area (Å²) in [6, 6.07) is 7.25. The van der Waals surface area contributed by atoms with Gasteiger partial charge >= 0.3 is 0 Å². The Morgan fingerprint density at radius 1 is 1.52 bits per heavy atom. The van der Waals surface area contributed by atoms with Gasteiger partial charge in [-0.2, -0.15) is 10.4 Å². The minimum absolute atomic E-state index is 0.0520. The van der Waals surface area contributed by atoms with Crippen molar-refractivity contribution in [1.82, 2.24) is 15.1 Å². The van der Waals surface area contributed by atoms with E-state index in [9.17, 15) is 4.79 Å². The smallest absolute Gasteiger partial charge is 0.253 e. The molecule has 3 N–H and O–H groups in total. The highest BCUT2D eigenvalue weighted by molar-refractivity contribution is 6.30. The maximum atomic E-state index is 12.4. The van der Waals surface area contributed by atoms with Crippen LogP contribution >= 0.6 is 11.6 Å². The van der Waals surface area contributed by atoms with E-state index in [1.165, 1.54) is 0 Å². The minimum atomic E-state index is -0.0520. The van der Waals surface area contributed by atoms with Gasteiger partial charge in [-0.05, 0) is 43.5 Å². The number of aromatic amines is 1. The van der Waals surface area contributed by atoms with Crippen molar-refractivity contribution in [3.63, 3.8) is 0 Å². The summed E-state index contributed by atoms with van der Waals surface area (Å²) in [4.78, 5) is 14.1. The zero-order valence-corrected chi connectivity index (χ0v) is 13.8. The molecule has 1 aromatic carbocycles. The highest BCUT2D eigenvalue weighted by atomic mass is 35.5. The van der Waals surface area contributed by atoms with Gasteiger partial charge in [0.2, 0.25) is 0 Å². The maximum absolute atomic E-state index is 12.4. The number of aryl methyl sites for hydroxylation is 2. The van der Waals surface area contributed by atoms with Crippen LogP contribution in [0.1, 0.15) is 33.6 Å². The lowest BCUT2D eigenvalue weighted by molar-refractivity contribution is 0.0793. The molecule has 1 heterocycles. The van der Waals surface area contributed by atoms with Crippen LogP contribution in [0.3, 0.4) is 0 Å². The maximum Gasteiger partial charge on any atom is 0.253 e. The summed E-state index contributed by atoms with van der Waals surface area (Å²) in [6.45, 7) is 2.42. The van der Waals surface area contributed by atoms with Gasteiger partial charge in [0.15, 0.2) is 5.82 Å². The topological polar surface area (TPSA) is 98.8 Å². The molecule has 7 heteroatoms. The first-order valence-corrected chi connectivity index (χ1v) is 7.56. The monoisotopic (exact) mass is 331 g/mol. The first-order chi connectivity index (χ1) is 10.9. The first kappa shape index (κ1) is 16.8. The number of nitrogen functional groups attached to an aromatic ring is 1. The number of halogens is 1. The Labute approximate surface area is 139 Å². The molecular weight excluding hydrogens is 314 g/mol. The molecule has 2 rings (SSSR count). The largest absolute Gasteiger partial charge is 0.381 e. The number of carbonyl (C=O) groups is 1. The van der Waals surface area contributed by atoms with Crippen LogP contribution in [-0.2, 0) is 6.42 Å². The molecular formula is C16H18ClN5O. The lowest BCUT2D eigenvalue weighted by Gasteiger charge is -2.18. The van der Waals surface area contributed by atoms with E-state index < -0.39 is 0 Å². The molecule has 0 saturated heterocycles. The highest BCUT2D eigenvalue weighted by Crippen LogP contribution is 2.17. The number of benzene rings is 1. The molecule has 6 nitrogen and oxygen atoms in total. The lowest BCUT2D eigenvalue weighted by Crippen LogP contribution is -2.28. The third-order valence-electron chi connectivity index (χ3n) is 3.67. The highest BCUT2D eigenvalue weighted by Gasteiger charge is 2.15. The van der Waals surface area contributed by atoms with Gasteiger partial charge in [-0.25, -0.2) is 0 Å². The van der Waals surface area contributed by atoms with Crippen molar-refractivity contribution in [2.45, 2.75) is 19.8 Å². The predicted molar refractivity (Wildman–Crippen MR) is 89.2 cm³/mol. The number of nitrogens with two attached hydrogens (primary N) is 1. The minimum Gasteiger partial charge on any atom is -0.381 e. The molecule has 0 fully saturated rings. The predicted octanol–water partition coefficient (Wildman–Crippen LogP) is 2.53. The van der Waals surface area contributed by atoms with Gasteiger partial charge in [0.1, 0.15) is 11.6 Å². The van der Waals surface area contributed by atoms with Crippen LogP contribution in [0.5, 0.6) is 0 Å². The van der Waals surface area contributed by atoms with Gasteiger partial charge < -0.3 is 10.6 Å². The van der Waals surface area contributed by atoms with Gasteiger partial charge in [-0.15, -0.1) is 0 Å². The van der Waals surface area contributed by atoms with Crippen LogP contribution < -0.4 is 5.73 Å². The Balaban J connectivity index is 1.95. The average molecular weight is 332 g/mol. The molecule has 120 valence electrons. The third kappa shape index (κ3) is 3.82. The number of hydrogen-bond donors (Lipinski definition) is 2. The second kappa shape index (κ2) is 7.16. The SMILES string of the molecule is Cc1cc(Cl)ccc1C(=O)N(C)CCCc1[nH]nc(N)c1C#N. The van der Waals surface area contributed by atoms with Crippen LogP contribution in [0.2, 0.25) is 5.02 Å². The number of nitrogens with zero attached hydrogens (tertiary/aromatic N) is 3. The van der Waals surface area contributed by atoms with Crippen molar-refractivity contribution in [2.24, 2.45) is 0 Å². The van der Waals surface area contributed by atoms with E-state index in [0.29, 0.717) is 41.2 Å². The Kier molecular flexibility index (Phi) is 5.24. The van der Waals surface area contributed by atoms with Gasteiger partial charge in [0.05, 0.1) is 5.69 Å². The number of rotatable bonds is 5. The molecule has 2 aromatic rings. The quantitative estimate of drug-likeness (QED) is 0.879. The van der Waals surface area contributed by atoms with Gasteiger partial charge in [0.25, 0.3) is 5.91 Å². The average Bonchev–Trinajstić information content (AvgIpc) is 2.86. The van der Waals surface area contributed by atoms with Crippen LogP contribution in [0.15, 0.2) is 18.2 Å². The molecule has 0 spiro atoms. The summed E-state index contributed by atoms with van der Waals surface area (Å²) >= 11 is 5.91. The molecule has 1 aromatic heterocycles. The van der Waals surface area contributed by atoms with Crippen molar-refractivity contribution in [2.75, 3.05) is 19.3 Å². The number of aromatic nitrogens is 2. The van der Waals surface area contributed by atoms with Crippen LogP contribution in [0.25, 0.3) is 0 Å². The lowest BCUT2D eigenvalue weighted by atomic mass is 10.1. The molecule has 0 aliphatic rings. The normalized spacial score (nSPS) is 10.3. The molecule has 0 aliphatic heterocycles. The Hall–Kier alpha value is -2.52. The zero-order valence-electron chi connectivity index (χ0n) is 13.1. The number of amides is 1. The first-order valence-electron chi connectivity index (χ1n) is 7.18. The van der Waals surface area contributed by atoms with Crippen molar-refractivity contribution in [1.29, 1.82) is 5.26 Å². The summed E-state index contributed by atoms with van der Waals surface area (Å²) in [7, 11) is 1.75. The number of anilines is 1. The van der Waals surface area contributed by atoms with E-state index in [1.54, 1.807) is 30.1 Å². The van der Waals surface area contributed by atoms with E-state index in [-0.39, 0.29) is 11.7 Å². The Bertz CT molecular complexity index is 762. The molecule has 23 heavy (non-hydrogen) atoms. The van der Waals surface area contributed by atoms with E-state index in [0.717, 1.165) is 5.56 Å². The van der Waals surface area contributed by atoms with E-state index in [2.05, 4.69) is 10.2 Å². The zero-order chi connectivity index (χ0) is 17.0. The van der Waals surface area contributed by atoms with Crippen LogP contribution in [-0.4, -0.2) is 34.6 Å². The van der Waals surface area contributed by atoms with Crippen molar-refractivity contribution in [3.8, 4) is 6.07 Å². The summed E-state index contributed by atoms with van der Waals surface area (Å²) < 4.78 is 0. The Morgan fingerprint density at radius 2 is 2.26 bits per heavy atom. The second-order valence-corrected chi connectivity index (χ2v) is 5.80. The third-order valence-corrected chi connectivity index (χ3v) is 3.90. The molecule has 0 atom stereocenters. The number of nitriles is 1. The molecule has 1 amide bonds. The van der Waals surface area contributed by atoms with E-state index in [1.807, 2.05) is 13.0 Å². The molecule has 0 bridgehead atoms. The van der Waals surface area contributed by atoms with Crippen LogP contribution in [0.4, 0.5) is 5.82 Å². The van der Waals surface area contributed by atoms with Gasteiger partial charge in [-0.3, -0.25) is 9.89 Å². The number of carbonyl (C=O) groups excluding carboxylic acids is 1. The van der Waals surface area contributed by atoms with Gasteiger partial charge in [0, 0.05) is 24.2 Å². The van der Waals surface area contributed by atoms with Gasteiger partial charge in [-0.1, -0.05) is 11.6 Å².